The third kappa shape index (κ3) is 3.07. The Hall–Kier alpha value is -3.74. The number of aliphatic hydroxyl groups excluding tert-OH is 1. The van der Waals surface area contributed by atoms with Crippen molar-refractivity contribution in [3.05, 3.63) is 95.5 Å². The number of likely N-dealkylation sites (tertiary alicyclic amines) is 1. The number of aromatic nitrogens is 1. The van der Waals surface area contributed by atoms with Crippen molar-refractivity contribution in [2.24, 2.45) is 0 Å². The molecule has 4 rings (SSSR count). The van der Waals surface area contributed by atoms with Crippen LogP contribution in [-0.4, -0.2) is 26.7 Å². The summed E-state index contributed by atoms with van der Waals surface area (Å²) in [6.45, 7) is 0.0603. The Morgan fingerprint density at radius 2 is 1.82 bits per heavy atom. The summed E-state index contributed by atoms with van der Waals surface area (Å²) in [7, 11) is 0. The second-order valence-corrected chi connectivity index (χ2v) is 6.29. The van der Waals surface area contributed by atoms with E-state index in [1.165, 1.54) is 35.4 Å². The summed E-state index contributed by atoms with van der Waals surface area (Å²) in [5.74, 6) is -1.89. The van der Waals surface area contributed by atoms with Gasteiger partial charge in [-0.15, -0.1) is 0 Å². The van der Waals surface area contributed by atoms with Crippen molar-refractivity contribution in [2.75, 3.05) is 0 Å². The Morgan fingerprint density at radius 3 is 2.46 bits per heavy atom. The van der Waals surface area contributed by atoms with E-state index in [4.69, 9.17) is 4.42 Å². The highest BCUT2D eigenvalue weighted by Crippen LogP contribution is 2.40. The molecule has 1 aliphatic rings. The molecule has 140 valence electrons. The number of furan rings is 1. The summed E-state index contributed by atoms with van der Waals surface area (Å²) in [6, 6.07) is 11.0. The summed E-state index contributed by atoms with van der Waals surface area (Å²) in [6.07, 6.45) is 4.56. The fraction of sp³-hybridized carbons (Fsp3) is 0.0952. The van der Waals surface area contributed by atoms with Gasteiger partial charge in [-0.05, 0) is 54.1 Å². The zero-order valence-corrected chi connectivity index (χ0v) is 14.6. The topological polar surface area (TPSA) is 83.6 Å². The molecule has 1 N–H and O–H groups in total. The molecule has 1 amide bonds. The van der Waals surface area contributed by atoms with Crippen LogP contribution in [0.15, 0.2) is 77.2 Å². The minimum Gasteiger partial charge on any atom is -0.507 e. The van der Waals surface area contributed by atoms with Gasteiger partial charge in [0.2, 0.25) is 0 Å². The number of carbonyl (C=O) groups is 2. The molecule has 1 unspecified atom stereocenters. The Labute approximate surface area is 159 Å². The van der Waals surface area contributed by atoms with Gasteiger partial charge in [0.15, 0.2) is 0 Å². The van der Waals surface area contributed by atoms with Gasteiger partial charge in [-0.3, -0.25) is 14.6 Å². The fourth-order valence-electron chi connectivity index (χ4n) is 3.27. The van der Waals surface area contributed by atoms with Crippen LogP contribution in [0.4, 0.5) is 4.39 Å². The summed E-state index contributed by atoms with van der Waals surface area (Å²) >= 11 is 0. The summed E-state index contributed by atoms with van der Waals surface area (Å²) in [4.78, 5) is 30.8. The smallest absolute Gasteiger partial charge is 0.296 e. The first-order valence-corrected chi connectivity index (χ1v) is 8.53. The summed E-state index contributed by atoms with van der Waals surface area (Å²) in [5, 5.41) is 10.8. The lowest BCUT2D eigenvalue weighted by Crippen LogP contribution is -2.29. The minimum absolute atomic E-state index is 0.0603. The molecule has 0 bridgehead atoms. The summed E-state index contributed by atoms with van der Waals surface area (Å²) < 4.78 is 18.6. The lowest BCUT2D eigenvalue weighted by Gasteiger charge is -2.24. The Balaban J connectivity index is 1.85. The molecule has 2 aromatic heterocycles. The molecule has 6 nitrogen and oxygen atoms in total. The van der Waals surface area contributed by atoms with Crippen molar-refractivity contribution in [3.8, 4) is 0 Å². The minimum atomic E-state index is -0.821. The maximum atomic E-state index is 13.2. The number of aliphatic hydroxyl groups is 1. The van der Waals surface area contributed by atoms with Crippen LogP contribution in [0.1, 0.15) is 22.9 Å². The Bertz CT molecular complexity index is 1040. The number of pyridine rings is 1. The molecule has 1 aliphatic heterocycles. The SMILES string of the molecule is O=C1C(=O)N(Cc2ccco2)C(c2ccncc2)/C1=C(/O)c1ccc(F)cc1. The number of carbonyl (C=O) groups excluding carboxylic acids is 2. The van der Waals surface area contributed by atoms with Crippen LogP contribution < -0.4 is 0 Å². The van der Waals surface area contributed by atoms with Gasteiger partial charge in [0, 0.05) is 18.0 Å². The van der Waals surface area contributed by atoms with Gasteiger partial charge in [0.1, 0.15) is 17.3 Å². The second-order valence-electron chi connectivity index (χ2n) is 6.29. The van der Waals surface area contributed by atoms with Crippen LogP contribution in [-0.2, 0) is 16.1 Å². The molecule has 0 aliphatic carbocycles. The van der Waals surface area contributed by atoms with Gasteiger partial charge in [0.25, 0.3) is 11.7 Å². The van der Waals surface area contributed by atoms with E-state index in [0.29, 0.717) is 11.3 Å². The van der Waals surface area contributed by atoms with Gasteiger partial charge in [-0.2, -0.15) is 0 Å². The maximum Gasteiger partial charge on any atom is 0.296 e. The van der Waals surface area contributed by atoms with Crippen molar-refractivity contribution in [3.63, 3.8) is 0 Å². The predicted octanol–water partition coefficient (Wildman–Crippen LogP) is 3.44. The summed E-state index contributed by atoms with van der Waals surface area (Å²) in [5.41, 5.74) is 0.801. The molecule has 3 heterocycles. The third-order valence-corrected chi connectivity index (χ3v) is 4.59. The van der Waals surface area contributed by atoms with Gasteiger partial charge >= 0.3 is 0 Å². The highest BCUT2D eigenvalue weighted by molar-refractivity contribution is 6.46. The van der Waals surface area contributed by atoms with Gasteiger partial charge in [0.05, 0.1) is 24.4 Å². The number of nitrogens with zero attached hydrogens (tertiary/aromatic N) is 2. The normalized spacial score (nSPS) is 18.6. The predicted molar refractivity (Wildman–Crippen MR) is 97.2 cm³/mol. The van der Waals surface area contributed by atoms with E-state index in [2.05, 4.69) is 4.98 Å². The van der Waals surface area contributed by atoms with Crippen molar-refractivity contribution in [1.82, 2.24) is 9.88 Å². The lowest BCUT2D eigenvalue weighted by atomic mass is 9.96. The van der Waals surface area contributed by atoms with Crippen molar-refractivity contribution in [1.29, 1.82) is 0 Å². The van der Waals surface area contributed by atoms with E-state index >= 15 is 0 Å². The number of halogens is 1. The monoisotopic (exact) mass is 378 g/mol. The quantitative estimate of drug-likeness (QED) is 0.427. The molecule has 3 aromatic rings. The van der Waals surface area contributed by atoms with Crippen LogP contribution in [0, 0.1) is 5.82 Å². The molecule has 28 heavy (non-hydrogen) atoms. The number of ketones is 1. The fourth-order valence-corrected chi connectivity index (χ4v) is 3.27. The van der Waals surface area contributed by atoms with E-state index in [0.717, 1.165) is 0 Å². The molecule has 1 atom stereocenters. The number of hydrogen-bond donors (Lipinski definition) is 1. The highest BCUT2D eigenvalue weighted by Gasteiger charge is 2.46. The first kappa shape index (κ1) is 17.7. The molecule has 0 radical (unpaired) electrons. The van der Waals surface area contributed by atoms with Crippen LogP contribution in [0.2, 0.25) is 0 Å². The zero-order chi connectivity index (χ0) is 19.7. The maximum absolute atomic E-state index is 13.2. The van der Waals surface area contributed by atoms with E-state index in [1.807, 2.05) is 0 Å². The van der Waals surface area contributed by atoms with Gasteiger partial charge in [-0.1, -0.05) is 0 Å². The largest absolute Gasteiger partial charge is 0.507 e. The molecule has 1 saturated heterocycles. The van der Waals surface area contributed by atoms with Crippen molar-refractivity contribution >= 4 is 17.4 Å². The molecule has 1 aromatic carbocycles. The van der Waals surface area contributed by atoms with Crippen LogP contribution >= 0.6 is 0 Å². The zero-order valence-electron chi connectivity index (χ0n) is 14.6. The van der Waals surface area contributed by atoms with Crippen LogP contribution in [0.3, 0.4) is 0 Å². The van der Waals surface area contributed by atoms with E-state index in [9.17, 15) is 19.1 Å². The molecular formula is C21H15FN2O4. The van der Waals surface area contributed by atoms with E-state index in [-0.39, 0.29) is 23.4 Å². The first-order valence-electron chi connectivity index (χ1n) is 8.53. The number of hydrogen-bond acceptors (Lipinski definition) is 5. The average Bonchev–Trinajstić information content (AvgIpc) is 3.31. The van der Waals surface area contributed by atoms with Crippen LogP contribution in [0.25, 0.3) is 5.76 Å². The molecular weight excluding hydrogens is 363 g/mol. The third-order valence-electron chi connectivity index (χ3n) is 4.59. The molecule has 1 fully saturated rings. The van der Waals surface area contributed by atoms with Crippen LogP contribution in [0.5, 0.6) is 0 Å². The standard InChI is InChI=1S/C21H15FN2O4/c22-15-5-3-14(4-6-15)19(25)17-18(13-7-9-23-10-8-13)24(21(27)20(17)26)12-16-2-1-11-28-16/h1-11,18,25H,12H2/b19-17-. The van der Waals surface area contributed by atoms with Crippen molar-refractivity contribution < 1.29 is 23.5 Å². The Kier molecular flexibility index (Phi) is 4.49. The van der Waals surface area contributed by atoms with E-state index in [1.54, 1.807) is 36.7 Å². The van der Waals surface area contributed by atoms with Gasteiger partial charge < -0.3 is 14.4 Å². The van der Waals surface area contributed by atoms with Crippen molar-refractivity contribution in [2.45, 2.75) is 12.6 Å². The Morgan fingerprint density at radius 1 is 1.11 bits per heavy atom. The molecule has 7 heteroatoms. The number of Topliss-reactive ketones (excluding diaryl/α,β-unsaturated/α-hetero) is 1. The van der Waals surface area contributed by atoms with E-state index < -0.39 is 23.5 Å². The highest BCUT2D eigenvalue weighted by atomic mass is 19.1. The average molecular weight is 378 g/mol. The number of amides is 1. The number of rotatable bonds is 4. The number of benzene rings is 1. The molecule has 0 spiro atoms. The first-order chi connectivity index (χ1) is 13.6. The lowest BCUT2D eigenvalue weighted by molar-refractivity contribution is -0.140. The molecule has 0 saturated carbocycles. The second kappa shape index (κ2) is 7.11. The van der Waals surface area contributed by atoms with Gasteiger partial charge in [-0.25, -0.2) is 4.39 Å².